The molecule has 1 aromatic carbocycles. The van der Waals surface area contributed by atoms with Crippen molar-refractivity contribution in [2.45, 2.75) is 25.3 Å². The fourth-order valence-electron chi connectivity index (χ4n) is 2.83. The van der Waals surface area contributed by atoms with Gasteiger partial charge in [0.1, 0.15) is 11.5 Å². The Balaban J connectivity index is 1.82. The van der Waals surface area contributed by atoms with Gasteiger partial charge in [0, 0.05) is 11.8 Å². The lowest BCUT2D eigenvalue weighted by Gasteiger charge is -2.34. The van der Waals surface area contributed by atoms with Crippen molar-refractivity contribution < 1.29 is 19.1 Å². The van der Waals surface area contributed by atoms with Gasteiger partial charge in [-0.1, -0.05) is 18.6 Å². The predicted octanol–water partition coefficient (Wildman–Crippen LogP) is 3.19. The van der Waals surface area contributed by atoms with Crippen molar-refractivity contribution in [1.29, 1.82) is 0 Å². The molecule has 0 bridgehead atoms. The first kappa shape index (κ1) is 16.1. The molecule has 124 valence electrons. The van der Waals surface area contributed by atoms with Gasteiger partial charge >= 0.3 is 5.97 Å². The van der Waals surface area contributed by atoms with E-state index >= 15 is 0 Å². The lowest BCUT2D eigenvalue weighted by molar-refractivity contribution is 0.0690. The highest BCUT2D eigenvalue weighted by atomic mass is 19.1. The highest BCUT2D eigenvalue weighted by molar-refractivity contribution is 5.96. The van der Waals surface area contributed by atoms with E-state index in [1.807, 2.05) is 0 Å². The summed E-state index contributed by atoms with van der Waals surface area (Å²) in [6, 6.07) is 8.62. The van der Waals surface area contributed by atoms with Gasteiger partial charge in [0.15, 0.2) is 0 Å². The number of hydrogen-bond acceptors (Lipinski definition) is 3. The second-order valence-electron chi connectivity index (χ2n) is 5.93. The molecule has 1 unspecified atom stereocenters. The molecule has 0 saturated heterocycles. The molecule has 3 rings (SSSR count). The van der Waals surface area contributed by atoms with Crippen LogP contribution in [0.15, 0.2) is 42.6 Å². The Morgan fingerprint density at radius 3 is 2.50 bits per heavy atom. The number of hydrogen-bond donors (Lipinski definition) is 2. The maximum absolute atomic E-state index is 13.1. The Morgan fingerprint density at radius 2 is 1.92 bits per heavy atom. The van der Waals surface area contributed by atoms with Crippen molar-refractivity contribution in [3.63, 3.8) is 0 Å². The number of aromatic nitrogens is 1. The molecule has 5 nitrogen and oxygen atoms in total. The number of nitrogens with one attached hydrogen (secondary N) is 1. The minimum atomic E-state index is -1.18. The van der Waals surface area contributed by atoms with Crippen LogP contribution in [0.4, 0.5) is 4.39 Å². The van der Waals surface area contributed by atoms with Gasteiger partial charge in [-0.05, 0) is 48.6 Å². The fraction of sp³-hybridized carbons (Fsp3) is 0.278. The molecule has 1 amide bonds. The number of benzene rings is 1. The van der Waals surface area contributed by atoms with Crippen molar-refractivity contribution in [2.75, 3.05) is 0 Å². The maximum Gasteiger partial charge on any atom is 0.354 e. The van der Waals surface area contributed by atoms with Crippen LogP contribution in [0.1, 0.15) is 51.7 Å². The lowest BCUT2D eigenvalue weighted by Crippen LogP contribution is -2.36. The number of carbonyl (C=O) groups is 2. The quantitative estimate of drug-likeness (QED) is 0.883. The molecule has 0 spiro atoms. The number of aromatic carboxylic acids is 1. The Morgan fingerprint density at radius 1 is 1.21 bits per heavy atom. The normalized spacial score (nSPS) is 15.4. The van der Waals surface area contributed by atoms with E-state index in [-0.39, 0.29) is 29.0 Å². The van der Waals surface area contributed by atoms with Crippen LogP contribution >= 0.6 is 0 Å². The van der Waals surface area contributed by atoms with Crippen LogP contribution in [0, 0.1) is 11.7 Å². The van der Waals surface area contributed by atoms with E-state index in [0.29, 0.717) is 5.92 Å². The minimum absolute atomic E-state index is 0.176. The summed E-state index contributed by atoms with van der Waals surface area (Å²) in [5.41, 5.74) is 0.917. The average molecular weight is 328 g/mol. The van der Waals surface area contributed by atoms with Crippen LogP contribution in [0.3, 0.4) is 0 Å². The Bertz CT molecular complexity index is 757. The van der Waals surface area contributed by atoms with E-state index in [1.165, 1.54) is 30.5 Å². The second-order valence-corrected chi connectivity index (χ2v) is 5.93. The largest absolute Gasteiger partial charge is 0.477 e. The molecule has 1 fully saturated rings. The summed E-state index contributed by atoms with van der Waals surface area (Å²) in [5.74, 6) is -1.56. The predicted molar refractivity (Wildman–Crippen MR) is 85.1 cm³/mol. The SMILES string of the molecule is O=C(NC(c1ccc(F)cc1)C1CCC1)c1ccnc(C(=O)O)c1. The molecule has 2 aromatic rings. The third-order valence-electron chi connectivity index (χ3n) is 4.38. The summed E-state index contributed by atoms with van der Waals surface area (Å²) in [6.45, 7) is 0. The van der Waals surface area contributed by atoms with Gasteiger partial charge in [0.25, 0.3) is 5.91 Å². The van der Waals surface area contributed by atoms with Crippen LogP contribution in [-0.4, -0.2) is 22.0 Å². The van der Waals surface area contributed by atoms with E-state index in [2.05, 4.69) is 10.3 Å². The van der Waals surface area contributed by atoms with Crippen molar-refractivity contribution >= 4 is 11.9 Å². The summed E-state index contributed by atoms with van der Waals surface area (Å²) in [4.78, 5) is 27.2. The number of rotatable bonds is 5. The molecule has 1 aliphatic carbocycles. The third kappa shape index (κ3) is 3.42. The number of carbonyl (C=O) groups excluding carboxylic acids is 1. The highest BCUT2D eigenvalue weighted by Crippen LogP contribution is 2.37. The van der Waals surface area contributed by atoms with Crippen molar-refractivity contribution in [1.82, 2.24) is 10.3 Å². The van der Waals surface area contributed by atoms with Crippen LogP contribution in [-0.2, 0) is 0 Å². The van der Waals surface area contributed by atoms with E-state index in [4.69, 9.17) is 5.11 Å². The van der Waals surface area contributed by atoms with Crippen molar-refractivity contribution in [2.24, 2.45) is 5.92 Å². The van der Waals surface area contributed by atoms with Crippen LogP contribution in [0.25, 0.3) is 0 Å². The average Bonchev–Trinajstić information content (AvgIpc) is 2.53. The van der Waals surface area contributed by atoms with Gasteiger partial charge in [-0.15, -0.1) is 0 Å². The zero-order chi connectivity index (χ0) is 17.1. The number of nitrogens with zero attached hydrogens (tertiary/aromatic N) is 1. The minimum Gasteiger partial charge on any atom is -0.477 e. The molecule has 0 radical (unpaired) electrons. The van der Waals surface area contributed by atoms with E-state index in [0.717, 1.165) is 24.8 Å². The lowest BCUT2D eigenvalue weighted by atomic mass is 9.77. The monoisotopic (exact) mass is 328 g/mol. The van der Waals surface area contributed by atoms with Gasteiger partial charge in [0.05, 0.1) is 6.04 Å². The Hall–Kier alpha value is -2.76. The molecule has 1 saturated carbocycles. The molecule has 1 atom stereocenters. The molecule has 6 heteroatoms. The molecule has 0 aliphatic heterocycles. The summed E-state index contributed by atoms with van der Waals surface area (Å²) < 4.78 is 13.1. The third-order valence-corrected chi connectivity index (χ3v) is 4.38. The number of halogens is 1. The maximum atomic E-state index is 13.1. The Kier molecular flexibility index (Phi) is 4.55. The van der Waals surface area contributed by atoms with Gasteiger partial charge in [0.2, 0.25) is 0 Å². The van der Waals surface area contributed by atoms with Crippen LogP contribution in [0.5, 0.6) is 0 Å². The highest BCUT2D eigenvalue weighted by Gasteiger charge is 2.30. The van der Waals surface area contributed by atoms with Gasteiger partial charge < -0.3 is 10.4 Å². The number of carboxylic acid groups (broad SMARTS) is 1. The van der Waals surface area contributed by atoms with Gasteiger partial charge in [-0.3, -0.25) is 4.79 Å². The first-order valence-electron chi connectivity index (χ1n) is 7.80. The Labute approximate surface area is 138 Å². The molecule has 24 heavy (non-hydrogen) atoms. The summed E-state index contributed by atoms with van der Waals surface area (Å²) in [7, 11) is 0. The summed E-state index contributed by atoms with van der Waals surface area (Å²) in [5, 5.41) is 11.9. The van der Waals surface area contributed by atoms with E-state index in [1.54, 1.807) is 12.1 Å². The zero-order valence-electron chi connectivity index (χ0n) is 12.9. The van der Waals surface area contributed by atoms with E-state index in [9.17, 15) is 14.0 Å². The molecule has 1 heterocycles. The number of amides is 1. The summed E-state index contributed by atoms with van der Waals surface area (Å²) >= 11 is 0. The van der Waals surface area contributed by atoms with Crippen LogP contribution in [0.2, 0.25) is 0 Å². The van der Waals surface area contributed by atoms with Crippen molar-refractivity contribution in [3.8, 4) is 0 Å². The fourth-order valence-corrected chi connectivity index (χ4v) is 2.83. The van der Waals surface area contributed by atoms with Crippen molar-refractivity contribution in [3.05, 3.63) is 65.2 Å². The molecular formula is C18H17FN2O3. The smallest absolute Gasteiger partial charge is 0.354 e. The van der Waals surface area contributed by atoms with Crippen LogP contribution < -0.4 is 5.32 Å². The van der Waals surface area contributed by atoms with Gasteiger partial charge in [-0.25, -0.2) is 14.2 Å². The topological polar surface area (TPSA) is 79.3 Å². The number of carboxylic acids is 1. The molecule has 1 aliphatic rings. The first-order valence-corrected chi connectivity index (χ1v) is 7.80. The second kappa shape index (κ2) is 6.78. The zero-order valence-corrected chi connectivity index (χ0v) is 12.9. The molecule has 1 aromatic heterocycles. The number of pyridine rings is 1. The molecule has 2 N–H and O–H groups in total. The standard InChI is InChI=1S/C18H17FN2O3/c19-14-6-4-12(5-7-14)16(11-2-1-3-11)21-17(22)13-8-9-20-15(10-13)18(23)24/h4-11,16H,1-3H2,(H,21,22)(H,23,24). The molecular weight excluding hydrogens is 311 g/mol. The van der Waals surface area contributed by atoms with Gasteiger partial charge in [-0.2, -0.15) is 0 Å². The van der Waals surface area contributed by atoms with E-state index < -0.39 is 5.97 Å². The first-order chi connectivity index (χ1) is 11.5. The summed E-state index contributed by atoms with van der Waals surface area (Å²) in [6.07, 6.45) is 4.41.